The summed E-state index contributed by atoms with van der Waals surface area (Å²) in [7, 11) is -3.47. The molecule has 0 bridgehead atoms. The zero-order chi connectivity index (χ0) is 21.9. The van der Waals surface area contributed by atoms with Crippen molar-refractivity contribution < 1.29 is 22.7 Å². The molecule has 2 rings (SSSR count). The highest BCUT2D eigenvalue weighted by atomic mass is 32.2. The van der Waals surface area contributed by atoms with Crippen molar-refractivity contribution >= 4 is 21.6 Å². The van der Waals surface area contributed by atoms with Crippen LogP contribution in [0.25, 0.3) is 0 Å². The molecule has 0 saturated heterocycles. The molecule has 7 heteroatoms. The second kappa shape index (κ2) is 10.0. The molecule has 2 aromatic carbocycles. The minimum Gasteiger partial charge on any atom is -0.412 e. The lowest BCUT2D eigenvalue weighted by molar-refractivity contribution is 0.550. The van der Waals surface area contributed by atoms with Crippen molar-refractivity contribution in [3.8, 4) is 0 Å². The molecule has 0 radical (unpaired) electrons. The summed E-state index contributed by atoms with van der Waals surface area (Å²) < 4.78 is 49.2. The third-order valence-electron chi connectivity index (χ3n) is 4.22. The summed E-state index contributed by atoms with van der Waals surface area (Å²) in [6.45, 7) is 12.1. The lowest BCUT2D eigenvalue weighted by Crippen LogP contribution is -2.12. The second-order valence-electron chi connectivity index (χ2n) is 8.77. The molecule has 0 heterocycles. The molecule has 29 heavy (non-hydrogen) atoms. The summed E-state index contributed by atoms with van der Waals surface area (Å²) >= 11 is 1.44. The standard InChI is InChI=1S/C11H15FO2S.C11H15FS.H2O/c1-11(2,3)8-5-6-10(9(12)7-8)15(4,13)14;1-11(2,3)8-5-6-10(13-4)9(12)7-8;/h5-7H,1-4H3;5-7H,1-4H3;1H2. The van der Waals surface area contributed by atoms with E-state index in [4.69, 9.17) is 0 Å². The maximum absolute atomic E-state index is 13.5. The van der Waals surface area contributed by atoms with Crippen molar-refractivity contribution in [2.24, 2.45) is 0 Å². The topological polar surface area (TPSA) is 65.6 Å². The van der Waals surface area contributed by atoms with Crippen molar-refractivity contribution in [2.75, 3.05) is 12.5 Å². The highest BCUT2D eigenvalue weighted by Gasteiger charge is 2.19. The summed E-state index contributed by atoms with van der Waals surface area (Å²) in [6.07, 6.45) is 2.89. The summed E-state index contributed by atoms with van der Waals surface area (Å²) in [5.74, 6) is -0.787. The minimum absolute atomic E-state index is 0. The molecule has 0 aliphatic carbocycles. The third-order valence-corrected chi connectivity index (χ3v) is 6.12. The van der Waals surface area contributed by atoms with Crippen LogP contribution in [0.2, 0.25) is 0 Å². The quantitative estimate of drug-likeness (QED) is 0.568. The minimum atomic E-state index is -3.47. The molecule has 0 amide bonds. The van der Waals surface area contributed by atoms with Crippen LogP contribution in [0.4, 0.5) is 8.78 Å². The zero-order valence-corrected chi connectivity index (χ0v) is 20.0. The van der Waals surface area contributed by atoms with E-state index in [9.17, 15) is 17.2 Å². The molecular formula is C22H32F2O3S2. The van der Waals surface area contributed by atoms with Gasteiger partial charge in [-0.2, -0.15) is 0 Å². The summed E-state index contributed by atoms with van der Waals surface area (Å²) in [6, 6.07) is 9.74. The van der Waals surface area contributed by atoms with E-state index in [1.165, 1.54) is 23.9 Å². The van der Waals surface area contributed by atoms with Crippen LogP contribution in [0, 0.1) is 11.6 Å². The largest absolute Gasteiger partial charge is 0.412 e. The molecule has 2 N–H and O–H groups in total. The maximum atomic E-state index is 13.5. The van der Waals surface area contributed by atoms with Gasteiger partial charge >= 0.3 is 0 Å². The monoisotopic (exact) mass is 446 g/mol. The highest BCUT2D eigenvalue weighted by Crippen LogP contribution is 2.27. The Morgan fingerprint density at radius 1 is 0.793 bits per heavy atom. The van der Waals surface area contributed by atoms with E-state index < -0.39 is 15.7 Å². The number of halogens is 2. The van der Waals surface area contributed by atoms with Crippen molar-refractivity contribution in [3.05, 3.63) is 59.2 Å². The Balaban J connectivity index is 0.000000527. The van der Waals surface area contributed by atoms with Crippen molar-refractivity contribution in [1.82, 2.24) is 0 Å². The SMILES string of the molecule is CC(C)(C)c1ccc(S(C)(=O)=O)c(F)c1.CSc1ccc(C(C)(C)C)cc1F.O. The van der Waals surface area contributed by atoms with Gasteiger partial charge in [0.15, 0.2) is 9.84 Å². The van der Waals surface area contributed by atoms with Gasteiger partial charge in [-0.25, -0.2) is 17.2 Å². The molecule has 0 fully saturated rings. The lowest BCUT2D eigenvalue weighted by atomic mass is 9.87. The molecule has 3 nitrogen and oxygen atoms in total. The number of hydrogen-bond donors (Lipinski definition) is 0. The average molecular weight is 447 g/mol. The molecule has 2 aromatic rings. The Bertz CT molecular complexity index is 926. The van der Waals surface area contributed by atoms with Gasteiger partial charge in [0.1, 0.15) is 16.5 Å². The number of hydrogen-bond acceptors (Lipinski definition) is 3. The number of rotatable bonds is 2. The smallest absolute Gasteiger partial charge is 0.178 e. The number of benzene rings is 2. The fraction of sp³-hybridized carbons (Fsp3) is 0.455. The average Bonchev–Trinajstić information content (AvgIpc) is 2.52. The van der Waals surface area contributed by atoms with Crippen LogP contribution in [0.15, 0.2) is 46.2 Å². The Morgan fingerprint density at radius 3 is 1.52 bits per heavy atom. The molecule has 0 spiro atoms. The number of thioether (sulfide) groups is 1. The van der Waals surface area contributed by atoms with E-state index in [0.29, 0.717) is 4.90 Å². The first kappa shape index (κ1) is 27.6. The van der Waals surface area contributed by atoms with Gasteiger partial charge in [0.2, 0.25) is 0 Å². The molecular weight excluding hydrogens is 414 g/mol. The van der Waals surface area contributed by atoms with E-state index in [1.54, 1.807) is 12.1 Å². The van der Waals surface area contributed by atoms with E-state index in [0.717, 1.165) is 17.4 Å². The first-order chi connectivity index (χ1) is 12.6. The summed E-state index contributed by atoms with van der Waals surface area (Å²) in [5.41, 5.74) is 1.67. The fourth-order valence-electron chi connectivity index (χ4n) is 2.40. The van der Waals surface area contributed by atoms with Crippen LogP contribution >= 0.6 is 11.8 Å². The van der Waals surface area contributed by atoms with Crippen LogP contribution in [-0.2, 0) is 20.7 Å². The van der Waals surface area contributed by atoms with Gasteiger partial charge in [-0.1, -0.05) is 53.7 Å². The molecule has 0 atom stereocenters. The highest BCUT2D eigenvalue weighted by molar-refractivity contribution is 7.98. The first-order valence-electron chi connectivity index (χ1n) is 8.91. The van der Waals surface area contributed by atoms with Crippen molar-refractivity contribution in [3.63, 3.8) is 0 Å². The van der Waals surface area contributed by atoms with E-state index in [1.807, 2.05) is 39.2 Å². The Labute approximate surface area is 178 Å². The van der Waals surface area contributed by atoms with Gasteiger partial charge in [0, 0.05) is 11.2 Å². The zero-order valence-electron chi connectivity index (χ0n) is 18.4. The Kier molecular flexibility index (Phi) is 9.55. The van der Waals surface area contributed by atoms with Crippen LogP contribution in [0.1, 0.15) is 52.7 Å². The van der Waals surface area contributed by atoms with Gasteiger partial charge in [0.25, 0.3) is 0 Å². The van der Waals surface area contributed by atoms with Gasteiger partial charge in [-0.3, -0.25) is 0 Å². The molecule has 0 unspecified atom stereocenters. The van der Waals surface area contributed by atoms with Crippen LogP contribution < -0.4 is 0 Å². The van der Waals surface area contributed by atoms with E-state index in [-0.39, 0.29) is 27.0 Å². The van der Waals surface area contributed by atoms with Gasteiger partial charge < -0.3 is 5.48 Å². The molecule has 0 aromatic heterocycles. The van der Waals surface area contributed by atoms with Crippen LogP contribution in [0.3, 0.4) is 0 Å². The fourth-order valence-corrected chi connectivity index (χ4v) is 3.59. The van der Waals surface area contributed by atoms with Crippen LogP contribution in [-0.4, -0.2) is 26.4 Å². The molecule has 0 saturated carbocycles. The predicted octanol–water partition coefficient (Wildman–Crippen LogP) is 5.55. The second-order valence-corrected chi connectivity index (χ2v) is 11.6. The predicted molar refractivity (Wildman–Crippen MR) is 119 cm³/mol. The van der Waals surface area contributed by atoms with Gasteiger partial charge in [0.05, 0.1) is 0 Å². The van der Waals surface area contributed by atoms with Crippen molar-refractivity contribution in [2.45, 2.75) is 62.2 Å². The lowest BCUT2D eigenvalue weighted by Gasteiger charge is -2.19. The first-order valence-corrected chi connectivity index (χ1v) is 12.0. The van der Waals surface area contributed by atoms with E-state index in [2.05, 4.69) is 20.8 Å². The van der Waals surface area contributed by atoms with E-state index >= 15 is 0 Å². The Morgan fingerprint density at radius 2 is 1.21 bits per heavy atom. The molecule has 0 aliphatic heterocycles. The third kappa shape index (κ3) is 8.07. The molecule has 164 valence electrons. The Hall–Kier alpha value is -1.44. The van der Waals surface area contributed by atoms with Crippen molar-refractivity contribution in [1.29, 1.82) is 0 Å². The van der Waals surface area contributed by atoms with Crippen LogP contribution in [0.5, 0.6) is 0 Å². The summed E-state index contributed by atoms with van der Waals surface area (Å²) in [5, 5.41) is 0. The summed E-state index contributed by atoms with van der Waals surface area (Å²) in [4.78, 5) is 0.475. The maximum Gasteiger partial charge on any atom is 0.178 e. The van der Waals surface area contributed by atoms with Gasteiger partial charge in [-0.05, 0) is 52.5 Å². The molecule has 0 aliphatic rings. The normalized spacial score (nSPS) is 11.9. The number of sulfone groups is 1. The van der Waals surface area contributed by atoms with Gasteiger partial charge in [-0.15, -0.1) is 11.8 Å².